The Hall–Kier alpha value is 3.36. The van der Waals surface area contributed by atoms with Crippen LogP contribution in [0, 0.1) is 0 Å². The summed E-state index contributed by atoms with van der Waals surface area (Å²) >= 11 is 0. The first kappa shape index (κ1) is 181. The van der Waals surface area contributed by atoms with Crippen LogP contribution < -0.4 is 0 Å². The summed E-state index contributed by atoms with van der Waals surface area (Å²) in [5.41, 5.74) is 0. The molecule has 0 aliphatic heterocycles. The van der Waals surface area contributed by atoms with Crippen LogP contribution in [0.2, 0.25) is 0 Å². The maximum atomic E-state index is 0. The predicted octanol–water partition coefficient (Wildman–Crippen LogP) is -3.96. The minimum atomic E-state index is 0. The summed E-state index contributed by atoms with van der Waals surface area (Å²) in [6.07, 6.45) is 0. The van der Waals surface area contributed by atoms with Gasteiger partial charge >= 0.3 is 45.5 Å². The van der Waals surface area contributed by atoms with Crippen molar-refractivity contribution in [1.82, 2.24) is 0 Å². The molecule has 4 radical (unpaired) electrons. The molecule has 5 nitrogen and oxygen atoms in total. The van der Waals surface area contributed by atoms with Crippen LogP contribution >= 0.6 is 0 Å². The van der Waals surface area contributed by atoms with Gasteiger partial charge in [-0.2, -0.15) is 0 Å². The van der Waals surface area contributed by atoms with Gasteiger partial charge in [0, 0.05) is 68.3 Å². The molecule has 10 heteroatoms. The molecule has 10 N–H and O–H groups in total. The van der Waals surface area contributed by atoms with Gasteiger partial charge in [0.25, 0.3) is 0 Å². The van der Waals surface area contributed by atoms with Gasteiger partial charge in [0.05, 0.1) is 0 Å². The quantitative estimate of drug-likeness (QED) is 0.296. The van der Waals surface area contributed by atoms with Crippen molar-refractivity contribution in [1.29, 1.82) is 0 Å². The van der Waals surface area contributed by atoms with Crippen LogP contribution in [-0.2, 0) is 73.8 Å². The van der Waals surface area contributed by atoms with Crippen molar-refractivity contribution in [2.24, 2.45) is 0 Å². The maximum Gasteiger partial charge on any atom is 2.00 e. The zero-order chi connectivity index (χ0) is 0. The average Bonchev–Trinajstić information content (AvgIpc) is 0. The summed E-state index contributed by atoms with van der Waals surface area (Å²) in [6.45, 7) is 0. The van der Waals surface area contributed by atoms with Gasteiger partial charge in [-0.15, -0.1) is 0 Å². The summed E-state index contributed by atoms with van der Waals surface area (Å²) < 4.78 is 0. The smallest absolute Gasteiger partial charge is 0.870 e. The SMILES string of the molecule is O.O.O.[Mn].[Mn].[Mn].[Mn].[OH-].[OH3+].[Sr+2]. The standard InChI is InChI=1S/4Mn.5H2O.Sr/h;;;;5*1H2;/q;;;;;;;;;+2. The van der Waals surface area contributed by atoms with Crippen molar-refractivity contribution in [3.8, 4) is 0 Å². The Morgan fingerprint density at radius 2 is 0.500 bits per heavy atom. The molecule has 0 aromatic rings. The molecule has 68 valence electrons. The van der Waals surface area contributed by atoms with Gasteiger partial charge < -0.3 is 27.4 Å². The van der Waals surface area contributed by atoms with Crippen molar-refractivity contribution >= 4 is 45.5 Å². The molecule has 0 aromatic heterocycles. The molecule has 0 amide bonds. The Balaban J connectivity index is 0. The molecule has 0 atom stereocenters. The molecule has 0 bridgehead atoms. The van der Waals surface area contributed by atoms with Crippen LogP contribution in [0.3, 0.4) is 0 Å². The third kappa shape index (κ3) is 108. The van der Waals surface area contributed by atoms with Crippen LogP contribution in [0.25, 0.3) is 0 Å². The van der Waals surface area contributed by atoms with E-state index in [4.69, 9.17) is 0 Å². The zero-order valence-electron chi connectivity index (χ0n) is 4.74. The van der Waals surface area contributed by atoms with E-state index in [0.717, 1.165) is 0 Å². The first-order chi connectivity index (χ1) is 0. The molecule has 0 fully saturated rings. The Labute approximate surface area is 139 Å². The van der Waals surface area contributed by atoms with Crippen molar-refractivity contribution in [3.63, 3.8) is 0 Å². The molecule has 0 saturated carbocycles. The van der Waals surface area contributed by atoms with Crippen LogP contribution in [-0.4, -0.2) is 67.4 Å². The fourth-order valence-corrected chi connectivity index (χ4v) is 0. The van der Waals surface area contributed by atoms with Crippen molar-refractivity contribution in [2.45, 2.75) is 0 Å². The average molecular weight is 397 g/mol. The van der Waals surface area contributed by atoms with Crippen LogP contribution in [0.1, 0.15) is 0 Å². The summed E-state index contributed by atoms with van der Waals surface area (Å²) in [6, 6.07) is 0. The number of rotatable bonds is 0. The molecule has 0 rings (SSSR count). The molecule has 0 saturated heterocycles. The predicted molar refractivity (Wildman–Crippen MR) is 23.4 cm³/mol. The molecule has 0 aliphatic rings. The van der Waals surface area contributed by atoms with Crippen LogP contribution in [0.4, 0.5) is 0 Å². The van der Waals surface area contributed by atoms with Crippen LogP contribution in [0.15, 0.2) is 0 Å². The van der Waals surface area contributed by atoms with E-state index in [1.54, 1.807) is 0 Å². The molecule has 0 heterocycles. The van der Waals surface area contributed by atoms with E-state index in [1.807, 2.05) is 0 Å². The minimum absolute atomic E-state index is 0. The monoisotopic (exact) mass is 398 g/mol. The van der Waals surface area contributed by atoms with Crippen LogP contribution in [0.5, 0.6) is 0 Å². The van der Waals surface area contributed by atoms with Gasteiger partial charge in [-0.1, -0.05) is 0 Å². The van der Waals surface area contributed by atoms with Gasteiger partial charge in [-0.05, 0) is 0 Å². The normalized spacial score (nSPS) is 0. The van der Waals surface area contributed by atoms with E-state index in [1.165, 1.54) is 0 Å². The third-order valence-corrected chi connectivity index (χ3v) is 0. The fourth-order valence-electron chi connectivity index (χ4n) is 0. The van der Waals surface area contributed by atoms with E-state index in [-0.39, 0.29) is 141 Å². The molecule has 0 aromatic carbocycles. The summed E-state index contributed by atoms with van der Waals surface area (Å²) in [5.74, 6) is 0. The van der Waals surface area contributed by atoms with Gasteiger partial charge in [0.1, 0.15) is 0 Å². The van der Waals surface area contributed by atoms with E-state index in [2.05, 4.69) is 0 Å². The second-order valence-corrected chi connectivity index (χ2v) is 0. The topological polar surface area (TPSA) is 158 Å². The Morgan fingerprint density at radius 3 is 0.500 bits per heavy atom. The zero-order valence-corrected chi connectivity index (χ0v) is 12.9. The summed E-state index contributed by atoms with van der Waals surface area (Å²) in [4.78, 5) is 0. The van der Waals surface area contributed by atoms with Gasteiger partial charge in [-0.3, -0.25) is 0 Å². The van der Waals surface area contributed by atoms with E-state index < -0.39 is 0 Å². The second-order valence-electron chi connectivity index (χ2n) is 0. The van der Waals surface area contributed by atoms with Gasteiger partial charge in [0.15, 0.2) is 0 Å². The number of hydrogen-bond donors (Lipinski definition) is 0. The number of hydrogen-bond acceptors (Lipinski definition) is 1. The Bertz CT molecular complexity index is 13.6. The van der Waals surface area contributed by atoms with Gasteiger partial charge in [-0.25, -0.2) is 0 Å². The second kappa shape index (κ2) is 141. The van der Waals surface area contributed by atoms with Crippen molar-refractivity contribution in [3.05, 3.63) is 0 Å². The molecular weight excluding hydrogens is 387 g/mol. The van der Waals surface area contributed by atoms with Crippen molar-refractivity contribution < 1.29 is 95.7 Å². The summed E-state index contributed by atoms with van der Waals surface area (Å²) in [5, 5.41) is 0. The minimum Gasteiger partial charge on any atom is -0.870 e. The molecule has 0 spiro atoms. The third-order valence-electron chi connectivity index (χ3n) is 0. The van der Waals surface area contributed by atoms with E-state index in [0.29, 0.717) is 0 Å². The molecule has 10 heavy (non-hydrogen) atoms. The fraction of sp³-hybridized carbons (Fsp3) is 0. The molecule has 0 unspecified atom stereocenters. The molecular formula is H10Mn4O5Sr+2. The summed E-state index contributed by atoms with van der Waals surface area (Å²) in [7, 11) is 0. The van der Waals surface area contributed by atoms with E-state index in [9.17, 15) is 0 Å². The first-order valence-corrected chi connectivity index (χ1v) is 0. The molecule has 0 aliphatic carbocycles. The Kier molecular flexibility index (Phi) is 2560. The maximum absolute atomic E-state index is 0. The van der Waals surface area contributed by atoms with Gasteiger partial charge in [0.2, 0.25) is 0 Å². The van der Waals surface area contributed by atoms with Crippen molar-refractivity contribution in [2.75, 3.05) is 0 Å². The Morgan fingerprint density at radius 1 is 0.500 bits per heavy atom. The largest absolute Gasteiger partial charge is 2.00 e. The van der Waals surface area contributed by atoms with E-state index >= 15 is 0 Å². The first-order valence-electron chi connectivity index (χ1n) is 0.